The number of fused-ring (bicyclic) bond motifs is 1. The molecular weight excluding hydrogens is 315 g/mol. The highest BCUT2D eigenvalue weighted by atomic mass is 127. The van der Waals surface area contributed by atoms with Crippen LogP contribution in [0.1, 0.15) is 18.9 Å². The minimum absolute atomic E-state index is 0.333. The Morgan fingerprint density at radius 1 is 1.44 bits per heavy atom. The van der Waals surface area contributed by atoms with E-state index in [1.54, 1.807) is 0 Å². The molecule has 0 atom stereocenters. The van der Waals surface area contributed by atoms with E-state index in [0.717, 1.165) is 27.4 Å². The van der Waals surface area contributed by atoms with Gasteiger partial charge in [-0.2, -0.15) is 0 Å². The molecule has 0 aromatic carbocycles. The fourth-order valence-corrected chi connectivity index (χ4v) is 3.02. The summed E-state index contributed by atoms with van der Waals surface area (Å²) in [6.07, 6.45) is 5.64. The highest BCUT2D eigenvalue weighted by Crippen LogP contribution is 2.40. The molecule has 82 valence electrons. The van der Waals surface area contributed by atoms with Crippen LogP contribution in [0.3, 0.4) is 0 Å². The number of hydrogen-bond donors (Lipinski definition) is 1. The van der Waals surface area contributed by atoms with Crippen molar-refractivity contribution < 1.29 is 0 Å². The van der Waals surface area contributed by atoms with E-state index in [-0.39, 0.29) is 0 Å². The number of nitrogens with zero attached hydrogens (tertiary/aromatic N) is 3. The van der Waals surface area contributed by atoms with Gasteiger partial charge in [-0.05, 0) is 48.3 Å². The molecule has 1 aliphatic carbocycles. The molecule has 0 aliphatic heterocycles. The molecule has 5 heteroatoms. The van der Waals surface area contributed by atoms with E-state index < -0.39 is 0 Å². The number of aromatic nitrogens is 3. The number of halogens is 1. The van der Waals surface area contributed by atoms with Crippen molar-refractivity contribution in [1.82, 2.24) is 14.5 Å². The minimum Gasteiger partial charge on any atom is -0.383 e. The van der Waals surface area contributed by atoms with E-state index in [4.69, 9.17) is 12.7 Å². The molecule has 2 aromatic rings. The molecule has 1 saturated carbocycles. The number of nitrogens with two attached hydrogens (primary N) is 1. The quantitative estimate of drug-likeness (QED) is 0.818. The summed E-state index contributed by atoms with van der Waals surface area (Å²) in [6.45, 7) is 5.81. The SMILES string of the molecule is [CH][C@H]1C[C@H](n2cc(I)c3c(N)ncnc32)C1. The third kappa shape index (κ3) is 1.41. The molecule has 0 saturated heterocycles. The monoisotopic (exact) mass is 326 g/mol. The first-order valence-electron chi connectivity index (χ1n) is 5.19. The van der Waals surface area contributed by atoms with Crippen LogP contribution in [0, 0.1) is 16.4 Å². The second-order valence-electron chi connectivity index (χ2n) is 4.23. The van der Waals surface area contributed by atoms with Gasteiger partial charge in [-0.3, -0.25) is 0 Å². The van der Waals surface area contributed by atoms with E-state index in [2.05, 4.69) is 43.3 Å². The lowest BCUT2D eigenvalue weighted by molar-refractivity contribution is 0.244. The van der Waals surface area contributed by atoms with Gasteiger partial charge in [0.25, 0.3) is 0 Å². The fourth-order valence-electron chi connectivity index (χ4n) is 2.20. The number of rotatable bonds is 1. The summed E-state index contributed by atoms with van der Waals surface area (Å²) in [6, 6.07) is 0.468. The van der Waals surface area contributed by atoms with Crippen LogP contribution in [0.4, 0.5) is 5.82 Å². The zero-order valence-corrected chi connectivity index (χ0v) is 10.8. The van der Waals surface area contributed by atoms with Crippen LogP contribution in [0.5, 0.6) is 0 Å². The molecule has 0 amide bonds. The fraction of sp³-hybridized carbons (Fsp3) is 0.364. The zero-order chi connectivity index (χ0) is 11.3. The number of nitrogen functional groups attached to an aromatic ring is 1. The van der Waals surface area contributed by atoms with E-state index in [1.807, 2.05) is 0 Å². The minimum atomic E-state index is 0.333. The highest BCUT2D eigenvalue weighted by Gasteiger charge is 2.29. The largest absolute Gasteiger partial charge is 0.383 e. The van der Waals surface area contributed by atoms with Crippen LogP contribution < -0.4 is 5.73 Å². The topological polar surface area (TPSA) is 56.7 Å². The molecule has 0 unspecified atom stereocenters. The first-order chi connectivity index (χ1) is 7.66. The molecule has 2 heterocycles. The van der Waals surface area contributed by atoms with Gasteiger partial charge in [0.05, 0.1) is 5.39 Å². The normalized spacial score (nSPS) is 24.6. The molecule has 2 N–H and O–H groups in total. The molecule has 0 bridgehead atoms. The Bertz CT molecular complexity index is 542. The summed E-state index contributed by atoms with van der Waals surface area (Å²) < 4.78 is 3.28. The van der Waals surface area contributed by atoms with Crippen LogP contribution in [-0.2, 0) is 0 Å². The van der Waals surface area contributed by atoms with Crippen molar-refractivity contribution >= 4 is 39.4 Å². The van der Waals surface area contributed by atoms with Gasteiger partial charge < -0.3 is 10.3 Å². The standard InChI is InChI=1S/C11H11IN4/c1-6-2-7(3-6)16-4-8(12)9-10(13)14-5-15-11(9)16/h1,4-7H,2-3H2,(H2,13,14,15)/t6-,7-. The van der Waals surface area contributed by atoms with Gasteiger partial charge in [0.1, 0.15) is 17.8 Å². The third-order valence-electron chi connectivity index (χ3n) is 3.14. The highest BCUT2D eigenvalue weighted by molar-refractivity contribution is 14.1. The Morgan fingerprint density at radius 2 is 2.19 bits per heavy atom. The predicted octanol–water partition coefficient (Wildman–Crippen LogP) is 2.28. The van der Waals surface area contributed by atoms with Gasteiger partial charge in [-0.15, -0.1) is 0 Å². The Morgan fingerprint density at radius 3 is 2.88 bits per heavy atom. The molecular formula is C11H11IN4. The summed E-state index contributed by atoms with van der Waals surface area (Å²) in [5.74, 6) is 0.885. The molecule has 0 spiro atoms. The second kappa shape index (κ2) is 3.58. The molecule has 1 aliphatic rings. The van der Waals surface area contributed by atoms with Crippen molar-refractivity contribution in [2.75, 3.05) is 5.73 Å². The summed E-state index contributed by atoms with van der Waals surface area (Å²) in [7, 11) is 0. The van der Waals surface area contributed by atoms with Gasteiger partial charge in [0.2, 0.25) is 0 Å². The van der Waals surface area contributed by atoms with E-state index in [9.17, 15) is 0 Å². The van der Waals surface area contributed by atoms with Crippen molar-refractivity contribution in [3.63, 3.8) is 0 Å². The summed E-state index contributed by atoms with van der Waals surface area (Å²) in [4.78, 5) is 8.34. The zero-order valence-electron chi connectivity index (χ0n) is 8.60. The maximum Gasteiger partial charge on any atom is 0.146 e. The van der Waals surface area contributed by atoms with Crippen LogP contribution in [0.25, 0.3) is 11.0 Å². The van der Waals surface area contributed by atoms with Crippen molar-refractivity contribution in [2.24, 2.45) is 5.92 Å². The van der Waals surface area contributed by atoms with Gasteiger partial charge in [-0.1, -0.05) is 0 Å². The molecule has 4 nitrogen and oxygen atoms in total. The average molecular weight is 326 g/mol. The maximum absolute atomic E-state index is 5.86. The molecule has 16 heavy (non-hydrogen) atoms. The van der Waals surface area contributed by atoms with Gasteiger partial charge in [-0.25, -0.2) is 9.97 Å². The number of anilines is 1. The molecule has 2 aromatic heterocycles. The van der Waals surface area contributed by atoms with E-state index in [0.29, 0.717) is 17.8 Å². The summed E-state index contributed by atoms with van der Waals surface area (Å²) in [5.41, 5.74) is 6.79. The lowest BCUT2D eigenvalue weighted by atomic mass is 9.82. The third-order valence-corrected chi connectivity index (χ3v) is 3.95. The first kappa shape index (κ1) is 10.3. The van der Waals surface area contributed by atoms with Crippen molar-refractivity contribution in [1.29, 1.82) is 0 Å². The van der Waals surface area contributed by atoms with Crippen molar-refractivity contribution in [2.45, 2.75) is 18.9 Å². The van der Waals surface area contributed by atoms with Crippen LogP contribution in [-0.4, -0.2) is 14.5 Å². The average Bonchev–Trinajstić information content (AvgIpc) is 2.53. The van der Waals surface area contributed by atoms with Crippen LogP contribution in [0.2, 0.25) is 0 Å². The Labute approximate surface area is 107 Å². The van der Waals surface area contributed by atoms with Gasteiger partial charge >= 0.3 is 0 Å². The molecule has 3 rings (SSSR count). The summed E-state index contributed by atoms with van der Waals surface area (Å²) in [5, 5.41) is 0.962. The Hall–Kier alpha value is -0.850. The van der Waals surface area contributed by atoms with E-state index >= 15 is 0 Å². The Balaban J connectivity index is 2.16. The molecule has 1 fully saturated rings. The summed E-state index contributed by atoms with van der Waals surface area (Å²) >= 11 is 2.27. The second-order valence-corrected chi connectivity index (χ2v) is 5.39. The molecule has 2 radical (unpaired) electrons. The lowest BCUT2D eigenvalue weighted by Crippen LogP contribution is -2.24. The van der Waals surface area contributed by atoms with Crippen molar-refractivity contribution in [3.8, 4) is 0 Å². The smallest absolute Gasteiger partial charge is 0.146 e. The van der Waals surface area contributed by atoms with Crippen LogP contribution >= 0.6 is 22.6 Å². The lowest BCUT2D eigenvalue weighted by Gasteiger charge is -2.33. The number of hydrogen-bond acceptors (Lipinski definition) is 3. The first-order valence-corrected chi connectivity index (χ1v) is 6.27. The van der Waals surface area contributed by atoms with Gasteiger partial charge in [0.15, 0.2) is 0 Å². The van der Waals surface area contributed by atoms with Crippen LogP contribution in [0.15, 0.2) is 12.5 Å². The predicted molar refractivity (Wildman–Crippen MR) is 70.7 cm³/mol. The maximum atomic E-state index is 5.86. The Kier molecular flexibility index (Phi) is 2.31. The van der Waals surface area contributed by atoms with Crippen molar-refractivity contribution in [3.05, 3.63) is 23.0 Å². The van der Waals surface area contributed by atoms with E-state index in [1.165, 1.54) is 6.33 Å². The van der Waals surface area contributed by atoms with Gasteiger partial charge in [0, 0.05) is 15.8 Å².